The van der Waals surface area contributed by atoms with Crippen LogP contribution in [-0.2, 0) is 0 Å². The zero-order valence-electron chi connectivity index (χ0n) is 17.6. The highest BCUT2D eigenvalue weighted by Gasteiger charge is 2.25. The lowest BCUT2D eigenvalue weighted by Crippen LogP contribution is -2.41. The molecule has 2 heterocycles. The lowest BCUT2D eigenvalue weighted by molar-refractivity contribution is 0.0633. The summed E-state index contributed by atoms with van der Waals surface area (Å²) >= 11 is 0. The number of likely N-dealkylation sites (tertiary alicyclic amines) is 2. The van der Waals surface area contributed by atoms with E-state index in [-0.39, 0.29) is 17.7 Å². The average molecular weight is 418 g/mol. The Morgan fingerprint density at radius 1 is 0.871 bits per heavy atom. The highest BCUT2D eigenvalue weighted by molar-refractivity contribution is 5.95. The molecule has 0 spiro atoms. The minimum absolute atomic E-state index is 0.000956. The van der Waals surface area contributed by atoms with Gasteiger partial charge >= 0.3 is 0 Å². The van der Waals surface area contributed by atoms with Gasteiger partial charge in [-0.15, -0.1) is 0 Å². The summed E-state index contributed by atoms with van der Waals surface area (Å²) in [6, 6.07) is 16.2. The van der Waals surface area contributed by atoms with Gasteiger partial charge in [0.25, 0.3) is 11.8 Å². The highest BCUT2D eigenvalue weighted by atomic mass is 16.5. The van der Waals surface area contributed by atoms with E-state index in [4.69, 9.17) is 10.00 Å². The number of amides is 2. The van der Waals surface area contributed by atoms with Gasteiger partial charge in [0.05, 0.1) is 18.2 Å². The Balaban J connectivity index is 1.29. The van der Waals surface area contributed by atoms with E-state index < -0.39 is 0 Å². The molecule has 0 saturated carbocycles. The number of benzene rings is 2. The van der Waals surface area contributed by atoms with Gasteiger partial charge in [0, 0.05) is 43.2 Å². The third-order valence-corrected chi connectivity index (χ3v) is 6.05. The van der Waals surface area contributed by atoms with Crippen LogP contribution in [0.1, 0.15) is 52.0 Å². The summed E-state index contributed by atoms with van der Waals surface area (Å²) < 4.78 is 5.97. The zero-order chi connectivity index (χ0) is 21.6. The standard InChI is InChI=1S/C25H27N3O3/c26-16-19-5-7-21(8-6-19)25(30)28-15-3-4-20(17-28)18-31-23-11-9-22(10-12-23)24(29)27-13-1-2-14-27/h5-12,20H,1-4,13-15,17-18H2/t20-/m0/s1. The fourth-order valence-electron chi connectivity index (χ4n) is 4.27. The molecule has 6 heteroatoms. The van der Waals surface area contributed by atoms with Gasteiger partial charge in [-0.3, -0.25) is 9.59 Å². The molecule has 0 radical (unpaired) electrons. The van der Waals surface area contributed by atoms with Gasteiger partial charge in [-0.1, -0.05) is 0 Å². The number of carbonyl (C=O) groups excluding carboxylic acids is 2. The van der Waals surface area contributed by atoms with Crippen molar-refractivity contribution in [3.63, 3.8) is 0 Å². The SMILES string of the molecule is N#Cc1ccc(C(=O)N2CCC[C@H](COc3ccc(C(=O)N4CCCC4)cc3)C2)cc1. The molecule has 0 N–H and O–H groups in total. The van der Waals surface area contributed by atoms with E-state index >= 15 is 0 Å². The summed E-state index contributed by atoms with van der Waals surface area (Å²) in [5.41, 5.74) is 1.86. The van der Waals surface area contributed by atoms with Crippen LogP contribution in [0.5, 0.6) is 5.75 Å². The third-order valence-electron chi connectivity index (χ3n) is 6.05. The number of rotatable bonds is 5. The Morgan fingerprint density at radius 3 is 2.10 bits per heavy atom. The molecule has 4 rings (SSSR count). The van der Waals surface area contributed by atoms with E-state index in [0.29, 0.717) is 29.8 Å². The first kappa shape index (κ1) is 20.9. The van der Waals surface area contributed by atoms with Gasteiger partial charge in [0.2, 0.25) is 0 Å². The molecular formula is C25H27N3O3. The van der Waals surface area contributed by atoms with Gasteiger partial charge in [-0.25, -0.2) is 0 Å². The number of hydrogen-bond acceptors (Lipinski definition) is 4. The first-order valence-corrected chi connectivity index (χ1v) is 11.0. The van der Waals surface area contributed by atoms with Crippen molar-refractivity contribution in [1.82, 2.24) is 9.80 Å². The maximum absolute atomic E-state index is 12.8. The smallest absolute Gasteiger partial charge is 0.253 e. The zero-order valence-corrected chi connectivity index (χ0v) is 17.6. The van der Waals surface area contributed by atoms with Crippen molar-refractivity contribution in [3.05, 3.63) is 65.2 Å². The van der Waals surface area contributed by atoms with Gasteiger partial charge in [0.15, 0.2) is 0 Å². The number of nitrogens with zero attached hydrogens (tertiary/aromatic N) is 3. The van der Waals surface area contributed by atoms with Crippen molar-refractivity contribution >= 4 is 11.8 Å². The summed E-state index contributed by atoms with van der Waals surface area (Å²) in [5, 5.41) is 8.92. The topological polar surface area (TPSA) is 73.6 Å². The van der Waals surface area contributed by atoms with E-state index in [0.717, 1.165) is 51.1 Å². The first-order chi connectivity index (χ1) is 15.1. The number of piperidine rings is 1. The molecular weight excluding hydrogens is 390 g/mol. The van der Waals surface area contributed by atoms with Crippen molar-refractivity contribution < 1.29 is 14.3 Å². The van der Waals surface area contributed by atoms with Crippen LogP contribution in [-0.4, -0.2) is 54.4 Å². The van der Waals surface area contributed by atoms with E-state index in [9.17, 15) is 9.59 Å². The molecule has 0 unspecified atom stereocenters. The lowest BCUT2D eigenvalue weighted by atomic mass is 9.98. The Bertz CT molecular complexity index is 957. The third kappa shape index (κ3) is 5.05. The van der Waals surface area contributed by atoms with Crippen molar-refractivity contribution in [3.8, 4) is 11.8 Å². The van der Waals surface area contributed by atoms with Crippen LogP contribution in [0.3, 0.4) is 0 Å². The second kappa shape index (κ2) is 9.65. The molecule has 1 atom stereocenters. The predicted molar refractivity (Wildman–Crippen MR) is 117 cm³/mol. The molecule has 2 amide bonds. The monoisotopic (exact) mass is 417 g/mol. The number of carbonyl (C=O) groups is 2. The molecule has 160 valence electrons. The maximum atomic E-state index is 12.8. The average Bonchev–Trinajstić information content (AvgIpc) is 3.37. The molecule has 6 nitrogen and oxygen atoms in total. The van der Waals surface area contributed by atoms with Gasteiger partial charge < -0.3 is 14.5 Å². The van der Waals surface area contributed by atoms with Crippen LogP contribution in [0.4, 0.5) is 0 Å². The Morgan fingerprint density at radius 2 is 1.45 bits per heavy atom. The molecule has 2 aromatic rings. The van der Waals surface area contributed by atoms with Crippen LogP contribution in [0.25, 0.3) is 0 Å². The molecule has 31 heavy (non-hydrogen) atoms. The Hall–Kier alpha value is -3.33. The quantitative estimate of drug-likeness (QED) is 0.743. The molecule has 2 aromatic carbocycles. The summed E-state index contributed by atoms with van der Waals surface area (Å²) in [4.78, 5) is 29.0. The minimum atomic E-state index is -0.000956. The van der Waals surface area contributed by atoms with Crippen molar-refractivity contribution in [2.75, 3.05) is 32.8 Å². The number of hydrogen-bond donors (Lipinski definition) is 0. The van der Waals surface area contributed by atoms with E-state index in [1.807, 2.05) is 34.1 Å². The second-order valence-corrected chi connectivity index (χ2v) is 8.28. The first-order valence-electron chi connectivity index (χ1n) is 11.0. The summed E-state index contributed by atoms with van der Waals surface area (Å²) in [7, 11) is 0. The molecule has 0 bridgehead atoms. The molecule has 0 aromatic heterocycles. The fourth-order valence-corrected chi connectivity index (χ4v) is 4.27. The molecule has 2 saturated heterocycles. The maximum Gasteiger partial charge on any atom is 0.253 e. The fraction of sp³-hybridized carbons (Fsp3) is 0.400. The minimum Gasteiger partial charge on any atom is -0.493 e. The molecule has 2 fully saturated rings. The molecule has 2 aliphatic heterocycles. The Kier molecular flexibility index (Phi) is 6.51. The van der Waals surface area contributed by atoms with Crippen LogP contribution < -0.4 is 4.74 Å². The van der Waals surface area contributed by atoms with Crippen LogP contribution >= 0.6 is 0 Å². The van der Waals surface area contributed by atoms with E-state index in [1.54, 1.807) is 24.3 Å². The second-order valence-electron chi connectivity index (χ2n) is 8.28. The predicted octanol–water partition coefficient (Wildman–Crippen LogP) is 3.73. The van der Waals surface area contributed by atoms with Crippen molar-refractivity contribution in [2.45, 2.75) is 25.7 Å². The summed E-state index contributed by atoms with van der Waals surface area (Å²) in [6.45, 7) is 3.62. The van der Waals surface area contributed by atoms with E-state index in [1.165, 1.54) is 0 Å². The van der Waals surface area contributed by atoms with Gasteiger partial charge in [0.1, 0.15) is 5.75 Å². The van der Waals surface area contributed by atoms with Crippen molar-refractivity contribution in [2.24, 2.45) is 5.92 Å². The largest absolute Gasteiger partial charge is 0.493 e. The van der Waals surface area contributed by atoms with E-state index in [2.05, 4.69) is 6.07 Å². The van der Waals surface area contributed by atoms with Crippen LogP contribution in [0.15, 0.2) is 48.5 Å². The summed E-state index contributed by atoms with van der Waals surface area (Å²) in [5.74, 6) is 1.10. The molecule has 2 aliphatic rings. The normalized spacial score (nSPS) is 18.5. The Labute approximate surface area is 183 Å². The molecule has 0 aliphatic carbocycles. The van der Waals surface area contributed by atoms with Crippen molar-refractivity contribution in [1.29, 1.82) is 5.26 Å². The number of ether oxygens (including phenoxy) is 1. The van der Waals surface area contributed by atoms with Gasteiger partial charge in [-0.05, 0) is 74.2 Å². The summed E-state index contributed by atoms with van der Waals surface area (Å²) in [6.07, 6.45) is 4.13. The number of nitriles is 1. The van der Waals surface area contributed by atoms with Gasteiger partial charge in [-0.2, -0.15) is 5.26 Å². The highest BCUT2D eigenvalue weighted by Crippen LogP contribution is 2.22. The van der Waals surface area contributed by atoms with Crippen LogP contribution in [0.2, 0.25) is 0 Å². The lowest BCUT2D eigenvalue weighted by Gasteiger charge is -2.32. The van der Waals surface area contributed by atoms with Crippen LogP contribution in [0, 0.1) is 17.2 Å².